The minimum Gasteiger partial charge on any atom is -0.478 e. The Morgan fingerprint density at radius 2 is 2.31 bits per heavy atom. The highest BCUT2D eigenvalue weighted by molar-refractivity contribution is 6.33. The number of nitrogens with one attached hydrogen (secondary N) is 1. The maximum Gasteiger partial charge on any atom is 0.338 e. The van der Waals surface area contributed by atoms with E-state index in [4.69, 9.17) is 16.7 Å². The van der Waals surface area contributed by atoms with Crippen molar-refractivity contribution in [3.8, 4) is 11.8 Å². The summed E-state index contributed by atoms with van der Waals surface area (Å²) in [6.45, 7) is 0.774. The molecule has 0 aliphatic heterocycles. The van der Waals surface area contributed by atoms with Gasteiger partial charge in [0.2, 0.25) is 0 Å². The van der Waals surface area contributed by atoms with E-state index in [9.17, 15) is 4.79 Å². The van der Waals surface area contributed by atoms with Crippen molar-refractivity contribution < 1.29 is 9.90 Å². The van der Waals surface area contributed by atoms with Crippen LogP contribution in [0, 0.1) is 11.8 Å². The van der Waals surface area contributed by atoms with Crippen LogP contribution in [0.3, 0.4) is 0 Å². The normalized spacial score (nSPS) is 9.38. The van der Waals surface area contributed by atoms with E-state index >= 15 is 0 Å². The van der Waals surface area contributed by atoms with Gasteiger partial charge in [0.1, 0.15) is 0 Å². The van der Waals surface area contributed by atoms with E-state index in [0.717, 1.165) is 6.54 Å². The molecule has 3 nitrogen and oxygen atoms in total. The molecular formula is C12H12ClNO2. The molecule has 1 aromatic carbocycles. The summed E-state index contributed by atoms with van der Waals surface area (Å²) in [5.41, 5.74) is 0.525. The maximum atomic E-state index is 11.0. The summed E-state index contributed by atoms with van der Waals surface area (Å²) in [5.74, 6) is 4.65. The molecule has 4 heteroatoms. The molecule has 16 heavy (non-hydrogen) atoms. The Balaban J connectivity index is 2.98. The van der Waals surface area contributed by atoms with Gasteiger partial charge in [0.25, 0.3) is 0 Å². The van der Waals surface area contributed by atoms with Crippen LogP contribution in [0.4, 0.5) is 0 Å². The molecule has 0 fully saturated rings. The molecule has 0 aromatic heterocycles. The SMILES string of the molecule is CNCCC#Cc1cccc(Cl)c1C(=O)O. The van der Waals surface area contributed by atoms with Gasteiger partial charge in [-0.3, -0.25) is 0 Å². The van der Waals surface area contributed by atoms with Gasteiger partial charge in [-0.1, -0.05) is 29.5 Å². The maximum absolute atomic E-state index is 11.0. The molecule has 0 radical (unpaired) electrons. The predicted octanol–water partition coefficient (Wildman–Crippen LogP) is 2.00. The molecule has 0 amide bonds. The topological polar surface area (TPSA) is 49.3 Å². The van der Waals surface area contributed by atoms with E-state index in [1.165, 1.54) is 0 Å². The van der Waals surface area contributed by atoms with Crippen molar-refractivity contribution in [2.24, 2.45) is 0 Å². The van der Waals surface area contributed by atoms with Crippen molar-refractivity contribution in [1.29, 1.82) is 0 Å². The zero-order valence-corrected chi connectivity index (χ0v) is 9.64. The second-order valence-electron chi connectivity index (χ2n) is 3.12. The zero-order valence-electron chi connectivity index (χ0n) is 8.88. The lowest BCUT2D eigenvalue weighted by Crippen LogP contribution is -2.06. The lowest BCUT2D eigenvalue weighted by Gasteiger charge is -2.00. The number of rotatable bonds is 3. The molecular weight excluding hydrogens is 226 g/mol. The van der Waals surface area contributed by atoms with E-state index in [0.29, 0.717) is 12.0 Å². The molecule has 0 atom stereocenters. The van der Waals surface area contributed by atoms with Gasteiger partial charge < -0.3 is 10.4 Å². The second kappa shape index (κ2) is 6.16. The number of hydrogen-bond acceptors (Lipinski definition) is 2. The molecule has 0 unspecified atom stereocenters. The largest absolute Gasteiger partial charge is 0.478 e. The van der Waals surface area contributed by atoms with Gasteiger partial charge in [0.05, 0.1) is 10.6 Å². The molecule has 0 spiro atoms. The van der Waals surface area contributed by atoms with E-state index < -0.39 is 5.97 Å². The van der Waals surface area contributed by atoms with Crippen LogP contribution in [0.25, 0.3) is 0 Å². The van der Waals surface area contributed by atoms with Crippen LogP contribution < -0.4 is 5.32 Å². The van der Waals surface area contributed by atoms with Crippen LogP contribution in [0.5, 0.6) is 0 Å². The van der Waals surface area contributed by atoms with Crippen LogP contribution in [0.1, 0.15) is 22.3 Å². The standard InChI is InChI=1S/C12H12ClNO2/c1-14-8-3-2-5-9-6-4-7-10(13)11(9)12(15)16/h4,6-7,14H,3,8H2,1H3,(H,15,16). The predicted molar refractivity (Wildman–Crippen MR) is 63.8 cm³/mol. The molecule has 0 saturated carbocycles. The lowest BCUT2D eigenvalue weighted by atomic mass is 10.1. The third-order valence-electron chi connectivity index (χ3n) is 1.95. The van der Waals surface area contributed by atoms with Crippen LogP contribution >= 0.6 is 11.6 Å². The first-order valence-corrected chi connectivity index (χ1v) is 5.20. The van der Waals surface area contributed by atoms with Crippen LogP contribution in [0.15, 0.2) is 18.2 Å². The Labute approximate surface area is 99.4 Å². The first kappa shape index (κ1) is 12.6. The molecule has 0 saturated heterocycles. The summed E-state index contributed by atoms with van der Waals surface area (Å²) < 4.78 is 0. The van der Waals surface area contributed by atoms with Crippen LogP contribution in [-0.2, 0) is 0 Å². The third-order valence-corrected chi connectivity index (χ3v) is 2.27. The number of carbonyl (C=O) groups is 1. The number of benzene rings is 1. The van der Waals surface area contributed by atoms with Gasteiger partial charge in [-0.2, -0.15) is 0 Å². The fourth-order valence-electron chi connectivity index (χ4n) is 1.19. The van der Waals surface area contributed by atoms with Crippen molar-refractivity contribution in [3.05, 3.63) is 34.3 Å². The summed E-state index contributed by atoms with van der Waals surface area (Å²) in [5, 5.41) is 12.2. The van der Waals surface area contributed by atoms with Crippen molar-refractivity contribution in [2.45, 2.75) is 6.42 Å². The number of carboxylic acid groups (broad SMARTS) is 1. The Morgan fingerprint density at radius 3 is 2.94 bits per heavy atom. The first-order valence-electron chi connectivity index (χ1n) is 4.82. The zero-order chi connectivity index (χ0) is 12.0. The average molecular weight is 238 g/mol. The molecule has 0 aliphatic rings. The quantitative estimate of drug-likeness (QED) is 0.625. The Bertz CT molecular complexity index is 446. The molecule has 1 rings (SSSR count). The fraction of sp³-hybridized carbons (Fsp3) is 0.250. The molecule has 2 N–H and O–H groups in total. The van der Waals surface area contributed by atoms with Gasteiger partial charge in [0, 0.05) is 18.5 Å². The second-order valence-corrected chi connectivity index (χ2v) is 3.53. The monoisotopic (exact) mass is 237 g/mol. The third kappa shape index (κ3) is 3.27. The molecule has 0 bridgehead atoms. The number of halogens is 1. The first-order chi connectivity index (χ1) is 7.66. The number of hydrogen-bond donors (Lipinski definition) is 2. The van der Waals surface area contributed by atoms with E-state index in [1.807, 2.05) is 7.05 Å². The summed E-state index contributed by atoms with van der Waals surface area (Å²) in [6.07, 6.45) is 0.669. The van der Waals surface area contributed by atoms with Crippen LogP contribution in [-0.4, -0.2) is 24.7 Å². The smallest absolute Gasteiger partial charge is 0.338 e. The summed E-state index contributed by atoms with van der Waals surface area (Å²) >= 11 is 5.80. The van der Waals surface area contributed by atoms with Gasteiger partial charge in [-0.25, -0.2) is 4.79 Å². The van der Waals surface area contributed by atoms with Gasteiger partial charge in [-0.05, 0) is 19.2 Å². The highest BCUT2D eigenvalue weighted by atomic mass is 35.5. The Morgan fingerprint density at radius 1 is 1.56 bits per heavy atom. The van der Waals surface area contributed by atoms with Crippen LogP contribution in [0.2, 0.25) is 5.02 Å². The Kier molecular flexibility index (Phi) is 4.84. The highest BCUT2D eigenvalue weighted by Crippen LogP contribution is 2.19. The lowest BCUT2D eigenvalue weighted by molar-refractivity contribution is 0.0697. The van der Waals surface area contributed by atoms with Crippen molar-refractivity contribution in [1.82, 2.24) is 5.32 Å². The van der Waals surface area contributed by atoms with Crippen molar-refractivity contribution in [3.63, 3.8) is 0 Å². The van der Waals surface area contributed by atoms with E-state index in [-0.39, 0.29) is 10.6 Å². The Hall–Kier alpha value is -1.50. The fourth-order valence-corrected chi connectivity index (χ4v) is 1.45. The minimum atomic E-state index is -1.05. The van der Waals surface area contributed by atoms with Gasteiger partial charge >= 0.3 is 5.97 Å². The average Bonchev–Trinajstić information content (AvgIpc) is 2.24. The molecule has 0 aliphatic carbocycles. The number of carboxylic acids is 1. The van der Waals surface area contributed by atoms with Gasteiger partial charge in [0.15, 0.2) is 0 Å². The summed E-state index contributed by atoms with van der Waals surface area (Å²) in [7, 11) is 1.84. The highest BCUT2D eigenvalue weighted by Gasteiger charge is 2.12. The van der Waals surface area contributed by atoms with Crippen molar-refractivity contribution in [2.75, 3.05) is 13.6 Å². The van der Waals surface area contributed by atoms with Crippen molar-refractivity contribution >= 4 is 17.6 Å². The van der Waals surface area contributed by atoms with E-state index in [1.54, 1.807) is 18.2 Å². The minimum absolute atomic E-state index is 0.0705. The molecule has 1 aromatic rings. The molecule has 84 valence electrons. The summed E-state index contributed by atoms with van der Waals surface area (Å²) in [4.78, 5) is 11.0. The summed E-state index contributed by atoms with van der Waals surface area (Å²) in [6, 6.07) is 4.89. The number of aromatic carboxylic acids is 1. The van der Waals surface area contributed by atoms with Gasteiger partial charge in [-0.15, -0.1) is 0 Å². The van der Waals surface area contributed by atoms with E-state index in [2.05, 4.69) is 17.2 Å². The molecule has 0 heterocycles.